The van der Waals surface area contributed by atoms with Gasteiger partial charge in [0, 0.05) is 30.7 Å². The first kappa shape index (κ1) is 13.1. The fraction of sp³-hybridized carbons (Fsp3) is 0.385. The maximum Gasteiger partial charge on any atom is 0.0845 e. The van der Waals surface area contributed by atoms with Gasteiger partial charge in [0.2, 0.25) is 0 Å². The summed E-state index contributed by atoms with van der Waals surface area (Å²) < 4.78 is 1.72. The van der Waals surface area contributed by atoms with Gasteiger partial charge >= 0.3 is 0 Å². The maximum absolute atomic E-state index is 5.91. The molecule has 0 aliphatic heterocycles. The third-order valence-electron chi connectivity index (χ3n) is 2.79. The van der Waals surface area contributed by atoms with Gasteiger partial charge in [-0.2, -0.15) is 0 Å². The number of nitrogens with zero attached hydrogens (tertiary/aromatic N) is 3. The number of benzene rings is 1. The number of hydrogen-bond acceptors (Lipinski definition) is 3. The highest BCUT2D eigenvalue weighted by molar-refractivity contribution is 6.30. The predicted octanol–water partition coefficient (Wildman–Crippen LogP) is 2.36. The fourth-order valence-electron chi connectivity index (χ4n) is 1.95. The predicted molar refractivity (Wildman–Crippen MR) is 72.6 cm³/mol. The van der Waals surface area contributed by atoms with Crippen molar-refractivity contribution >= 4 is 11.6 Å². The molecule has 4 nitrogen and oxygen atoms in total. The van der Waals surface area contributed by atoms with E-state index in [0.717, 1.165) is 23.7 Å². The van der Waals surface area contributed by atoms with Gasteiger partial charge in [-0.15, -0.1) is 5.10 Å². The molecule has 1 atom stereocenters. The van der Waals surface area contributed by atoms with Crippen LogP contribution in [0.1, 0.15) is 24.2 Å². The highest BCUT2D eigenvalue weighted by Crippen LogP contribution is 2.19. The Labute approximate surface area is 112 Å². The van der Waals surface area contributed by atoms with Gasteiger partial charge in [-0.1, -0.05) is 35.9 Å². The molecule has 0 fully saturated rings. The number of rotatable bonds is 5. The number of aryl methyl sites for hydroxylation is 1. The summed E-state index contributed by atoms with van der Waals surface area (Å²) in [7, 11) is 1.88. The first-order chi connectivity index (χ1) is 8.69. The topological polar surface area (TPSA) is 42.7 Å². The lowest BCUT2D eigenvalue weighted by molar-refractivity contribution is 0.543. The van der Waals surface area contributed by atoms with Gasteiger partial charge in [-0.3, -0.25) is 4.68 Å². The molecule has 5 heteroatoms. The van der Waals surface area contributed by atoms with E-state index in [1.54, 1.807) is 4.68 Å². The fourth-order valence-corrected chi connectivity index (χ4v) is 2.07. The Morgan fingerprint density at radius 2 is 2.06 bits per heavy atom. The molecule has 1 aromatic heterocycles. The zero-order valence-electron chi connectivity index (χ0n) is 10.6. The van der Waals surface area contributed by atoms with E-state index in [2.05, 4.69) is 22.6 Å². The summed E-state index contributed by atoms with van der Waals surface area (Å²) in [5.74, 6) is 0. The van der Waals surface area contributed by atoms with Crippen molar-refractivity contribution in [3.05, 3.63) is 46.7 Å². The summed E-state index contributed by atoms with van der Waals surface area (Å²) in [6, 6.07) is 8.16. The molecule has 18 heavy (non-hydrogen) atoms. The summed E-state index contributed by atoms with van der Waals surface area (Å²) in [6.45, 7) is 3.01. The van der Waals surface area contributed by atoms with Crippen LogP contribution in [0, 0.1) is 0 Å². The van der Waals surface area contributed by atoms with Crippen molar-refractivity contribution in [1.29, 1.82) is 0 Å². The van der Waals surface area contributed by atoms with Crippen LogP contribution in [0.15, 0.2) is 30.5 Å². The minimum Gasteiger partial charge on any atom is -0.310 e. The average molecular weight is 265 g/mol. The molecule has 0 amide bonds. The number of nitrogens with one attached hydrogen (secondary N) is 1. The Morgan fingerprint density at radius 3 is 2.61 bits per heavy atom. The van der Waals surface area contributed by atoms with Crippen LogP contribution in [-0.2, 0) is 13.5 Å². The smallest absolute Gasteiger partial charge is 0.0845 e. The van der Waals surface area contributed by atoms with Gasteiger partial charge in [0.25, 0.3) is 0 Å². The van der Waals surface area contributed by atoms with Gasteiger partial charge in [0.15, 0.2) is 0 Å². The molecular formula is C13H17ClN4. The molecule has 0 aliphatic carbocycles. The van der Waals surface area contributed by atoms with Gasteiger partial charge < -0.3 is 5.32 Å². The van der Waals surface area contributed by atoms with E-state index in [1.165, 1.54) is 5.56 Å². The number of hydrogen-bond donors (Lipinski definition) is 1. The van der Waals surface area contributed by atoms with E-state index in [4.69, 9.17) is 11.6 Å². The summed E-state index contributed by atoms with van der Waals surface area (Å²) in [5.41, 5.74) is 2.20. The highest BCUT2D eigenvalue weighted by Gasteiger charge is 2.13. The lowest BCUT2D eigenvalue weighted by Gasteiger charge is -2.17. The van der Waals surface area contributed by atoms with Gasteiger partial charge in [-0.05, 0) is 24.2 Å². The first-order valence-electron chi connectivity index (χ1n) is 6.03. The minimum absolute atomic E-state index is 0.240. The van der Waals surface area contributed by atoms with Crippen LogP contribution in [0.3, 0.4) is 0 Å². The Bertz CT molecular complexity index is 492. The summed E-state index contributed by atoms with van der Waals surface area (Å²) in [6.07, 6.45) is 2.77. The lowest BCUT2D eigenvalue weighted by atomic mass is 10.0. The SMILES string of the molecule is CCNC(Cc1cn(C)nn1)c1ccc(Cl)cc1. The quantitative estimate of drug-likeness (QED) is 0.902. The van der Waals surface area contributed by atoms with Crippen molar-refractivity contribution in [2.75, 3.05) is 6.54 Å². The van der Waals surface area contributed by atoms with E-state index in [1.807, 2.05) is 37.5 Å². The normalized spacial score (nSPS) is 12.6. The van der Waals surface area contributed by atoms with Gasteiger partial charge in [-0.25, -0.2) is 0 Å². The zero-order valence-corrected chi connectivity index (χ0v) is 11.4. The molecule has 96 valence electrons. The highest BCUT2D eigenvalue weighted by atomic mass is 35.5. The monoisotopic (exact) mass is 264 g/mol. The van der Waals surface area contributed by atoms with Crippen LogP contribution < -0.4 is 5.32 Å². The van der Waals surface area contributed by atoms with Crippen molar-refractivity contribution in [1.82, 2.24) is 20.3 Å². The van der Waals surface area contributed by atoms with Crippen LogP contribution in [0.2, 0.25) is 5.02 Å². The van der Waals surface area contributed by atoms with Gasteiger partial charge in [0.05, 0.1) is 5.69 Å². The Hall–Kier alpha value is -1.39. The third-order valence-corrected chi connectivity index (χ3v) is 3.04. The van der Waals surface area contributed by atoms with E-state index < -0.39 is 0 Å². The van der Waals surface area contributed by atoms with E-state index in [-0.39, 0.29) is 6.04 Å². The van der Waals surface area contributed by atoms with Crippen molar-refractivity contribution in [2.24, 2.45) is 7.05 Å². The molecule has 0 spiro atoms. The molecule has 0 aliphatic rings. The summed E-state index contributed by atoms with van der Waals surface area (Å²) in [5, 5.41) is 12.3. The molecule has 0 bridgehead atoms. The molecule has 2 aromatic rings. The van der Waals surface area contributed by atoms with Crippen molar-refractivity contribution in [2.45, 2.75) is 19.4 Å². The molecule has 1 N–H and O–H groups in total. The molecule has 0 saturated heterocycles. The standard InChI is InChI=1S/C13H17ClN4/c1-3-15-13(8-12-9-18(2)17-16-12)10-4-6-11(14)7-5-10/h4-7,9,13,15H,3,8H2,1-2H3. The Balaban J connectivity index is 2.14. The maximum atomic E-state index is 5.91. The number of likely N-dealkylation sites (N-methyl/N-ethyl adjacent to an activating group) is 1. The Kier molecular flexibility index (Phi) is 4.33. The second-order valence-corrected chi connectivity index (χ2v) is 4.69. The summed E-state index contributed by atoms with van der Waals surface area (Å²) >= 11 is 5.91. The molecule has 1 unspecified atom stereocenters. The first-order valence-corrected chi connectivity index (χ1v) is 6.41. The van der Waals surface area contributed by atoms with Crippen LogP contribution in [-0.4, -0.2) is 21.5 Å². The van der Waals surface area contributed by atoms with Crippen molar-refractivity contribution < 1.29 is 0 Å². The van der Waals surface area contributed by atoms with Crippen LogP contribution in [0.25, 0.3) is 0 Å². The average Bonchev–Trinajstić information content (AvgIpc) is 2.75. The number of halogens is 1. The number of aromatic nitrogens is 3. The molecule has 1 aromatic carbocycles. The van der Waals surface area contributed by atoms with E-state index in [9.17, 15) is 0 Å². The minimum atomic E-state index is 0.240. The van der Waals surface area contributed by atoms with Crippen LogP contribution >= 0.6 is 11.6 Å². The van der Waals surface area contributed by atoms with E-state index >= 15 is 0 Å². The molecule has 0 radical (unpaired) electrons. The van der Waals surface area contributed by atoms with Crippen molar-refractivity contribution in [3.63, 3.8) is 0 Å². The molecule has 0 saturated carbocycles. The third kappa shape index (κ3) is 3.31. The summed E-state index contributed by atoms with van der Waals surface area (Å²) in [4.78, 5) is 0. The van der Waals surface area contributed by atoms with Crippen LogP contribution in [0.5, 0.6) is 0 Å². The largest absolute Gasteiger partial charge is 0.310 e. The van der Waals surface area contributed by atoms with Gasteiger partial charge in [0.1, 0.15) is 0 Å². The molecule has 2 rings (SSSR count). The van der Waals surface area contributed by atoms with Crippen LogP contribution in [0.4, 0.5) is 0 Å². The van der Waals surface area contributed by atoms with E-state index in [0.29, 0.717) is 0 Å². The second-order valence-electron chi connectivity index (χ2n) is 4.25. The zero-order chi connectivity index (χ0) is 13.0. The molecule has 1 heterocycles. The van der Waals surface area contributed by atoms with Crippen molar-refractivity contribution in [3.8, 4) is 0 Å². The Morgan fingerprint density at radius 1 is 1.33 bits per heavy atom. The molecular weight excluding hydrogens is 248 g/mol. The lowest BCUT2D eigenvalue weighted by Crippen LogP contribution is -2.23. The second kappa shape index (κ2) is 5.98.